The van der Waals surface area contributed by atoms with Crippen molar-refractivity contribution in [3.8, 4) is 0 Å². The predicted molar refractivity (Wildman–Crippen MR) is 88.3 cm³/mol. The summed E-state index contributed by atoms with van der Waals surface area (Å²) >= 11 is 0. The van der Waals surface area contributed by atoms with Crippen molar-refractivity contribution in [2.75, 3.05) is 6.61 Å². The zero-order valence-corrected chi connectivity index (χ0v) is 14.3. The molecule has 3 rings (SSSR count). The summed E-state index contributed by atoms with van der Waals surface area (Å²) in [7, 11) is 0. The minimum absolute atomic E-state index is 0.0236. The molecule has 1 amide bonds. The first-order valence-electron chi connectivity index (χ1n) is 8.27. The summed E-state index contributed by atoms with van der Waals surface area (Å²) in [4.78, 5) is 15.9. The van der Waals surface area contributed by atoms with E-state index in [0.29, 0.717) is 11.7 Å². The Morgan fingerprint density at radius 2 is 2.04 bits per heavy atom. The van der Waals surface area contributed by atoms with E-state index in [9.17, 15) is 4.79 Å². The second-order valence-electron chi connectivity index (χ2n) is 6.71. The molecular formula is C18H23N3O3. The lowest BCUT2D eigenvalue weighted by Crippen LogP contribution is -2.40. The third-order valence-electron chi connectivity index (χ3n) is 4.26. The largest absolute Gasteiger partial charge is 0.373 e. The van der Waals surface area contributed by atoms with E-state index in [1.54, 1.807) is 0 Å². The average molecular weight is 329 g/mol. The first-order valence-corrected chi connectivity index (χ1v) is 8.27. The first-order chi connectivity index (χ1) is 11.5. The Morgan fingerprint density at radius 3 is 2.75 bits per heavy atom. The summed E-state index contributed by atoms with van der Waals surface area (Å²) in [6, 6.07) is 10.1. The minimum Gasteiger partial charge on any atom is -0.373 e. The molecule has 0 radical (unpaired) electrons. The number of benzene rings is 1. The molecule has 0 aliphatic carbocycles. The Hall–Kier alpha value is -2.21. The lowest BCUT2D eigenvalue weighted by atomic mass is 9.89. The molecule has 1 aliphatic rings. The number of carbonyl (C=O) groups excluding carboxylic acids is 1. The zero-order valence-electron chi connectivity index (χ0n) is 14.3. The van der Waals surface area contributed by atoms with Crippen molar-refractivity contribution in [2.45, 2.75) is 51.2 Å². The molecule has 1 aromatic carbocycles. The van der Waals surface area contributed by atoms with Gasteiger partial charge in [-0.15, -0.1) is 0 Å². The molecule has 1 N–H and O–H groups in total. The van der Waals surface area contributed by atoms with Gasteiger partial charge in [0.05, 0.1) is 17.6 Å². The van der Waals surface area contributed by atoms with Gasteiger partial charge in [0, 0.05) is 13.5 Å². The fourth-order valence-corrected chi connectivity index (χ4v) is 3.14. The Morgan fingerprint density at radius 1 is 1.29 bits per heavy atom. The Kier molecular flexibility index (Phi) is 4.66. The molecule has 1 fully saturated rings. The molecule has 2 heterocycles. The van der Waals surface area contributed by atoms with Gasteiger partial charge in [-0.25, -0.2) is 0 Å². The van der Waals surface area contributed by atoms with E-state index in [1.165, 1.54) is 6.92 Å². The van der Waals surface area contributed by atoms with Crippen LogP contribution in [0.25, 0.3) is 0 Å². The van der Waals surface area contributed by atoms with Crippen LogP contribution in [0.3, 0.4) is 0 Å². The van der Waals surface area contributed by atoms with E-state index < -0.39 is 5.54 Å². The molecule has 24 heavy (non-hydrogen) atoms. The van der Waals surface area contributed by atoms with Gasteiger partial charge in [0.2, 0.25) is 11.8 Å². The van der Waals surface area contributed by atoms with Crippen LogP contribution in [0.4, 0.5) is 0 Å². The topological polar surface area (TPSA) is 77.2 Å². The summed E-state index contributed by atoms with van der Waals surface area (Å²) in [6.07, 6.45) is 1.81. The lowest BCUT2D eigenvalue weighted by Gasteiger charge is -2.29. The molecule has 128 valence electrons. The van der Waals surface area contributed by atoms with E-state index in [0.717, 1.165) is 25.0 Å². The van der Waals surface area contributed by atoms with Crippen molar-refractivity contribution in [1.82, 2.24) is 15.5 Å². The summed E-state index contributed by atoms with van der Waals surface area (Å²) in [5.41, 5.74) is 0.439. The summed E-state index contributed by atoms with van der Waals surface area (Å²) < 4.78 is 11.5. The van der Waals surface area contributed by atoms with Gasteiger partial charge < -0.3 is 14.6 Å². The molecule has 2 atom stereocenters. The predicted octanol–water partition coefficient (Wildman–Crippen LogP) is 3.08. The van der Waals surface area contributed by atoms with Gasteiger partial charge in [-0.2, -0.15) is 4.98 Å². The fourth-order valence-electron chi connectivity index (χ4n) is 3.14. The second-order valence-corrected chi connectivity index (χ2v) is 6.71. The fraction of sp³-hybridized carbons (Fsp3) is 0.500. The van der Waals surface area contributed by atoms with Crippen LogP contribution in [0.1, 0.15) is 62.9 Å². The van der Waals surface area contributed by atoms with E-state index in [4.69, 9.17) is 9.26 Å². The van der Waals surface area contributed by atoms with Gasteiger partial charge in [0.15, 0.2) is 5.82 Å². The van der Waals surface area contributed by atoms with E-state index in [-0.39, 0.29) is 17.9 Å². The zero-order chi connectivity index (χ0) is 17.2. The maximum atomic E-state index is 11.4. The van der Waals surface area contributed by atoms with Crippen molar-refractivity contribution in [2.24, 2.45) is 0 Å². The molecule has 0 bridgehead atoms. The number of rotatable bonds is 4. The molecule has 1 saturated heterocycles. The highest BCUT2D eigenvalue weighted by atomic mass is 16.5. The first kappa shape index (κ1) is 16.6. The molecule has 6 heteroatoms. The Balaban J connectivity index is 1.86. The molecular weight excluding hydrogens is 306 g/mol. The van der Waals surface area contributed by atoms with E-state index >= 15 is 0 Å². The Bertz CT molecular complexity index is 697. The van der Waals surface area contributed by atoms with Crippen LogP contribution >= 0.6 is 0 Å². The van der Waals surface area contributed by atoms with Gasteiger partial charge >= 0.3 is 0 Å². The van der Waals surface area contributed by atoms with E-state index in [2.05, 4.69) is 27.6 Å². The number of hydrogen-bond acceptors (Lipinski definition) is 5. The highest BCUT2D eigenvalue weighted by molar-refractivity contribution is 5.73. The third-order valence-corrected chi connectivity index (χ3v) is 4.26. The maximum Gasteiger partial charge on any atom is 0.232 e. The Labute approximate surface area is 141 Å². The van der Waals surface area contributed by atoms with Crippen molar-refractivity contribution < 1.29 is 14.1 Å². The van der Waals surface area contributed by atoms with Crippen LogP contribution in [-0.2, 0) is 15.1 Å². The van der Waals surface area contributed by atoms with Crippen molar-refractivity contribution >= 4 is 5.91 Å². The lowest BCUT2D eigenvalue weighted by molar-refractivity contribution is -0.120. The standard InChI is InChI=1S/C18H23N3O3/c1-12(22)20-18(2,3)17-19-16(24-21-17)14-10-7-11-23-15(14)13-8-5-4-6-9-13/h4-6,8-9,14-15H,7,10-11H2,1-3H3,(H,20,22)/t14-,15+/m0/s1. The molecule has 1 aromatic heterocycles. The summed E-state index contributed by atoms with van der Waals surface area (Å²) in [6.45, 7) is 5.92. The van der Waals surface area contributed by atoms with Gasteiger partial charge in [-0.3, -0.25) is 4.79 Å². The number of nitrogens with one attached hydrogen (secondary N) is 1. The highest BCUT2D eigenvalue weighted by Crippen LogP contribution is 2.40. The number of aromatic nitrogens is 2. The molecule has 0 unspecified atom stereocenters. The normalized spacial score (nSPS) is 21.5. The highest BCUT2D eigenvalue weighted by Gasteiger charge is 2.35. The quantitative estimate of drug-likeness (QED) is 0.933. The van der Waals surface area contributed by atoms with E-state index in [1.807, 2.05) is 32.0 Å². The molecule has 0 spiro atoms. The van der Waals surface area contributed by atoms with Crippen LogP contribution in [0.5, 0.6) is 0 Å². The number of nitrogens with zero attached hydrogens (tertiary/aromatic N) is 2. The molecule has 6 nitrogen and oxygen atoms in total. The minimum atomic E-state index is -0.675. The number of carbonyl (C=O) groups is 1. The molecule has 0 saturated carbocycles. The maximum absolute atomic E-state index is 11.4. The van der Waals surface area contributed by atoms with Gasteiger partial charge in [0.25, 0.3) is 0 Å². The SMILES string of the molecule is CC(=O)NC(C)(C)c1noc([C@H]2CCCO[C@@H]2c2ccccc2)n1. The second kappa shape index (κ2) is 6.73. The van der Waals surface area contributed by atoms with Crippen molar-refractivity contribution in [3.63, 3.8) is 0 Å². The van der Waals surface area contributed by atoms with Gasteiger partial charge in [0.1, 0.15) is 0 Å². The van der Waals surface area contributed by atoms with Crippen LogP contribution < -0.4 is 5.32 Å². The summed E-state index contributed by atoms with van der Waals surface area (Å²) in [5.74, 6) is 0.937. The van der Waals surface area contributed by atoms with Crippen molar-refractivity contribution in [1.29, 1.82) is 0 Å². The van der Waals surface area contributed by atoms with Crippen LogP contribution in [0.2, 0.25) is 0 Å². The molecule has 1 aliphatic heterocycles. The van der Waals surface area contributed by atoms with Crippen LogP contribution in [-0.4, -0.2) is 22.7 Å². The molecule has 2 aromatic rings. The third kappa shape index (κ3) is 3.48. The van der Waals surface area contributed by atoms with Crippen LogP contribution in [0, 0.1) is 0 Å². The summed E-state index contributed by atoms with van der Waals surface area (Å²) in [5, 5.41) is 6.93. The van der Waals surface area contributed by atoms with Gasteiger partial charge in [-0.05, 0) is 32.3 Å². The average Bonchev–Trinajstić information content (AvgIpc) is 3.05. The van der Waals surface area contributed by atoms with Crippen molar-refractivity contribution in [3.05, 3.63) is 47.6 Å². The number of hydrogen-bond donors (Lipinski definition) is 1. The van der Waals surface area contributed by atoms with Crippen LogP contribution in [0.15, 0.2) is 34.9 Å². The number of ether oxygens (including phenoxy) is 1. The smallest absolute Gasteiger partial charge is 0.232 e. The number of amides is 1. The monoisotopic (exact) mass is 329 g/mol. The van der Waals surface area contributed by atoms with Gasteiger partial charge in [-0.1, -0.05) is 35.5 Å².